The van der Waals surface area contributed by atoms with Crippen molar-refractivity contribution in [2.75, 3.05) is 28.3 Å². The molecule has 0 aromatic heterocycles. The summed E-state index contributed by atoms with van der Waals surface area (Å²) in [5.41, 5.74) is 0.424. The van der Waals surface area contributed by atoms with Crippen molar-refractivity contribution in [2.45, 2.75) is 25.6 Å². The van der Waals surface area contributed by atoms with Crippen LogP contribution >= 0.6 is 0 Å². The average molecular weight is 191 g/mol. The lowest BCUT2D eigenvalue weighted by Crippen LogP contribution is -2.55. The van der Waals surface area contributed by atoms with Gasteiger partial charge < -0.3 is 13.8 Å². The van der Waals surface area contributed by atoms with Crippen molar-refractivity contribution in [1.82, 2.24) is 4.90 Å². The van der Waals surface area contributed by atoms with Crippen LogP contribution in [0.15, 0.2) is 0 Å². The second-order valence-electron chi connectivity index (χ2n) is 3.31. The van der Waals surface area contributed by atoms with E-state index in [4.69, 9.17) is 8.85 Å². The minimum atomic E-state index is -1.96. The Morgan fingerprint density at radius 1 is 1.25 bits per heavy atom. The van der Waals surface area contributed by atoms with Gasteiger partial charge in [0, 0.05) is 14.2 Å². The molecule has 0 fully saturated rings. The second kappa shape index (κ2) is 4.96. The first kappa shape index (κ1) is 12.1. The molecule has 0 saturated carbocycles. The van der Waals surface area contributed by atoms with E-state index in [0.29, 0.717) is 5.67 Å². The van der Waals surface area contributed by atoms with Crippen molar-refractivity contribution in [3.8, 4) is 0 Å². The van der Waals surface area contributed by atoms with Crippen molar-refractivity contribution in [1.29, 1.82) is 0 Å². The van der Waals surface area contributed by atoms with Crippen LogP contribution in [0, 0.1) is 0 Å². The molecule has 0 saturated heterocycles. The van der Waals surface area contributed by atoms with Crippen LogP contribution in [0.3, 0.4) is 0 Å². The van der Waals surface area contributed by atoms with Crippen LogP contribution in [0.25, 0.3) is 0 Å². The summed E-state index contributed by atoms with van der Waals surface area (Å²) in [6, 6.07) is 0. The Labute approximate surface area is 76.9 Å². The molecule has 74 valence electrons. The summed E-state index contributed by atoms with van der Waals surface area (Å²) in [7, 11) is 5.65. The highest BCUT2D eigenvalue weighted by molar-refractivity contribution is 6.67. The Hall–Kier alpha value is 0.0969. The summed E-state index contributed by atoms with van der Waals surface area (Å²) >= 11 is 0. The van der Waals surface area contributed by atoms with Crippen LogP contribution in [-0.2, 0) is 8.85 Å². The molecule has 0 spiro atoms. The standard InChI is InChI=1S/C8H21NO2Si/c1-7-8(9(2)3)12(6,10-4)11-5/h8H,7H2,1-6H3. The zero-order chi connectivity index (χ0) is 9.78. The van der Waals surface area contributed by atoms with Gasteiger partial charge >= 0.3 is 8.56 Å². The molecule has 12 heavy (non-hydrogen) atoms. The maximum Gasteiger partial charge on any atom is 0.352 e. The van der Waals surface area contributed by atoms with Crippen LogP contribution in [0.4, 0.5) is 0 Å². The van der Waals surface area contributed by atoms with Crippen LogP contribution in [-0.4, -0.2) is 47.4 Å². The first-order valence-corrected chi connectivity index (χ1v) is 6.68. The lowest BCUT2D eigenvalue weighted by atomic mass is 10.4. The molecule has 4 heteroatoms. The fourth-order valence-electron chi connectivity index (χ4n) is 1.56. The van der Waals surface area contributed by atoms with Gasteiger partial charge in [0.05, 0.1) is 5.67 Å². The highest BCUT2D eigenvalue weighted by Crippen LogP contribution is 2.16. The summed E-state index contributed by atoms with van der Waals surface area (Å²) < 4.78 is 11.0. The maximum absolute atomic E-state index is 5.48. The van der Waals surface area contributed by atoms with Crippen molar-refractivity contribution in [3.63, 3.8) is 0 Å². The van der Waals surface area contributed by atoms with Gasteiger partial charge in [-0.3, -0.25) is 0 Å². The minimum absolute atomic E-state index is 0.424. The minimum Gasteiger partial charge on any atom is -0.397 e. The van der Waals surface area contributed by atoms with Crippen LogP contribution in [0.5, 0.6) is 0 Å². The summed E-state index contributed by atoms with van der Waals surface area (Å²) in [5, 5.41) is 0. The maximum atomic E-state index is 5.48. The van der Waals surface area contributed by atoms with E-state index in [1.165, 1.54) is 0 Å². The predicted molar refractivity (Wildman–Crippen MR) is 53.4 cm³/mol. The van der Waals surface area contributed by atoms with Crippen LogP contribution in [0.2, 0.25) is 6.55 Å². The Morgan fingerprint density at radius 3 is 1.75 bits per heavy atom. The smallest absolute Gasteiger partial charge is 0.352 e. The average Bonchev–Trinajstić information content (AvgIpc) is 2.04. The third-order valence-corrected chi connectivity index (χ3v) is 6.18. The van der Waals surface area contributed by atoms with Gasteiger partial charge in [-0.25, -0.2) is 0 Å². The van der Waals surface area contributed by atoms with Gasteiger partial charge in [-0.15, -0.1) is 0 Å². The van der Waals surface area contributed by atoms with Gasteiger partial charge in [0.2, 0.25) is 0 Å². The third-order valence-electron chi connectivity index (χ3n) is 2.43. The van der Waals surface area contributed by atoms with Gasteiger partial charge in [0.1, 0.15) is 0 Å². The fourth-order valence-corrected chi connectivity index (χ4v) is 3.95. The molecule has 0 radical (unpaired) electrons. The summed E-state index contributed by atoms with van der Waals surface area (Å²) in [6.07, 6.45) is 1.07. The molecule has 0 N–H and O–H groups in total. The Bertz CT molecular complexity index is 126. The first-order valence-electron chi connectivity index (χ1n) is 4.28. The van der Waals surface area contributed by atoms with Crippen molar-refractivity contribution >= 4 is 8.56 Å². The third kappa shape index (κ3) is 2.55. The molecule has 0 aromatic carbocycles. The van der Waals surface area contributed by atoms with Gasteiger partial charge in [0.25, 0.3) is 0 Å². The normalized spacial score (nSPS) is 15.2. The van der Waals surface area contributed by atoms with Gasteiger partial charge in [0.15, 0.2) is 0 Å². The molecule has 0 bridgehead atoms. The van der Waals surface area contributed by atoms with E-state index in [0.717, 1.165) is 6.42 Å². The molecule has 0 amide bonds. The molecule has 0 aliphatic carbocycles. The summed E-state index contributed by atoms with van der Waals surface area (Å²) in [5.74, 6) is 0. The lowest BCUT2D eigenvalue weighted by Gasteiger charge is -2.35. The largest absolute Gasteiger partial charge is 0.397 e. The molecule has 0 rings (SSSR count). The Balaban J connectivity index is 4.43. The molecular weight excluding hydrogens is 170 g/mol. The Kier molecular flexibility index (Phi) is 5.00. The number of hydrogen-bond donors (Lipinski definition) is 0. The molecule has 0 aliphatic heterocycles. The Morgan fingerprint density at radius 2 is 1.67 bits per heavy atom. The molecular formula is C8H21NO2Si. The summed E-state index contributed by atoms with van der Waals surface area (Å²) in [4.78, 5) is 2.18. The SMILES string of the molecule is CCC(N(C)C)[Si](C)(OC)OC. The molecule has 0 aliphatic rings. The van der Waals surface area contributed by atoms with Crippen LogP contribution < -0.4 is 0 Å². The van der Waals surface area contributed by atoms with Crippen LogP contribution in [0.1, 0.15) is 13.3 Å². The quantitative estimate of drug-likeness (QED) is 0.610. The number of nitrogens with zero attached hydrogens (tertiary/aromatic N) is 1. The number of rotatable bonds is 5. The molecule has 3 nitrogen and oxygen atoms in total. The van der Waals surface area contributed by atoms with E-state index >= 15 is 0 Å². The van der Waals surface area contributed by atoms with Crippen molar-refractivity contribution in [2.24, 2.45) is 0 Å². The van der Waals surface area contributed by atoms with Crippen molar-refractivity contribution < 1.29 is 8.85 Å². The van der Waals surface area contributed by atoms with Gasteiger partial charge in [-0.1, -0.05) is 6.92 Å². The van der Waals surface area contributed by atoms with E-state index in [1.54, 1.807) is 14.2 Å². The molecule has 1 unspecified atom stereocenters. The van der Waals surface area contributed by atoms with Gasteiger partial charge in [-0.2, -0.15) is 0 Å². The molecule has 1 atom stereocenters. The van der Waals surface area contributed by atoms with E-state index in [9.17, 15) is 0 Å². The van der Waals surface area contributed by atoms with E-state index in [2.05, 4.69) is 32.5 Å². The molecule has 0 heterocycles. The summed E-state index contributed by atoms with van der Waals surface area (Å²) in [6.45, 7) is 4.26. The van der Waals surface area contributed by atoms with E-state index in [1.807, 2.05) is 0 Å². The van der Waals surface area contributed by atoms with E-state index in [-0.39, 0.29) is 0 Å². The van der Waals surface area contributed by atoms with Crippen molar-refractivity contribution in [3.05, 3.63) is 0 Å². The zero-order valence-corrected chi connectivity index (χ0v) is 10.0. The first-order chi connectivity index (χ1) is 5.51. The highest BCUT2D eigenvalue weighted by Gasteiger charge is 2.39. The molecule has 0 aromatic rings. The van der Waals surface area contributed by atoms with E-state index < -0.39 is 8.56 Å². The monoisotopic (exact) mass is 191 g/mol. The predicted octanol–water partition coefficient (Wildman–Crippen LogP) is 1.23. The fraction of sp³-hybridized carbons (Fsp3) is 1.00. The number of hydrogen-bond acceptors (Lipinski definition) is 3. The lowest BCUT2D eigenvalue weighted by molar-refractivity contribution is 0.194. The zero-order valence-electron chi connectivity index (χ0n) is 9.05. The second-order valence-corrected chi connectivity index (χ2v) is 6.83. The topological polar surface area (TPSA) is 21.7 Å². The van der Waals surface area contributed by atoms with Gasteiger partial charge in [-0.05, 0) is 27.1 Å². The highest BCUT2D eigenvalue weighted by atomic mass is 28.4.